The Morgan fingerprint density at radius 2 is 2.29 bits per heavy atom. The third kappa shape index (κ3) is 3.15. The minimum absolute atomic E-state index is 0.181. The predicted octanol–water partition coefficient (Wildman–Crippen LogP) is -1.46. The molecule has 100 valence electrons. The van der Waals surface area contributed by atoms with Gasteiger partial charge in [-0.2, -0.15) is 4.31 Å². The van der Waals surface area contributed by atoms with Crippen molar-refractivity contribution in [3.8, 4) is 0 Å². The lowest BCUT2D eigenvalue weighted by Crippen LogP contribution is -2.51. The summed E-state index contributed by atoms with van der Waals surface area (Å²) in [5.41, 5.74) is 5.43. The molecule has 0 bridgehead atoms. The number of carbonyl (C=O) groups excluding carboxylic acids is 1. The molecule has 0 aliphatic carbocycles. The van der Waals surface area contributed by atoms with Gasteiger partial charge in [0.25, 0.3) is 0 Å². The first kappa shape index (κ1) is 14.4. The summed E-state index contributed by atoms with van der Waals surface area (Å²) >= 11 is 0. The maximum atomic E-state index is 12.1. The number of sulfonamides is 1. The summed E-state index contributed by atoms with van der Waals surface area (Å²) in [6.45, 7) is 2.27. The molecule has 0 amide bonds. The van der Waals surface area contributed by atoms with Crippen molar-refractivity contribution in [2.75, 3.05) is 33.4 Å². The highest BCUT2D eigenvalue weighted by atomic mass is 32.2. The second-order valence-corrected chi connectivity index (χ2v) is 6.05. The molecule has 1 rings (SSSR count). The summed E-state index contributed by atoms with van der Waals surface area (Å²) in [7, 11) is -2.53. The summed E-state index contributed by atoms with van der Waals surface area (Å²) in [5.74, 6) is -0.763. The molecule has 0 aromatic carbocycles. The Balaban J connectivity index is 2.79. The molecule has 2 N–H and O–H groups in total. The number of hydrogen-bond acceptors (Lipinski definition) is 6. The van der Waals surface area contributed by atoms with Crippen LogP contribution in [0, 0.1) is 0 Å². The highest BCUT2D eigenvalue weighted by Crippen LogP contribution is 2.14. The Kier molecular flexibility index (Phi) is 4.87. The fraction of sp³-hybridized carbons (Fsp3) is 0.889. The first-order chi connectivity index (χ1) is 7.93. The normalized spacial score (nSPS) is 24.3. The lowest BCUT2D eigenvalue weighted by Gasteiger charge is -2.32. The molecule has 0 radical (unpaired) electrons. The fourth-order valence-corrected chi connectivity index (χ4v) is 3.07. The van der Waals surface area contributed by atoms with E-state index in [1.807, 2.05) is 0 Å². The van der Waals surface area contributed by atoms with Crippen LogP contribution in [-0.2, 0) is 24.3 Å². The van der Waals surface area contributed by atoms with Crippen LogP contribution in [-0.4, -0.2) is 63.4 Å². The van der Waals surface area contributed by atoms with E-state index < -0.39 is 21.2 Å². The van der Waals surface area contributed by atoms with Crippen LogP contribution in [0.1, 0.15) is 6.92 Å². The van der Waals surface area contributed by atoms with Gasteiger partial charge < -0.3 is 15.2 Å². The van der Waals surface area contributed by atoms with E-state index in [1.165, 1.54) is 11.2 Å². The van der Waals surface area contributed by atoms with Gasteiger partial charge in [-0.05, 0) is 6.92 Å². The van der Waals surface area contributed by atoms with Crippen molar-refractivity contribution in [3.63, 3.8) is 0 Å². The minimum atomic E-state index is -3.69. The number of hydrogen-bond donors (Lipinski definition) is 1. The highest BCUT2D eigenvalue weighted by molar-refractivity contribution is 7.90. The summed E-state index contributed by atoms with van der Waals surface area (Å²) < 4.78 is 35.1. The third-order valence-corrected chi connectivity index (χ3v) is 4.84. The van der Waals surface area contributed by atoms with E-state index in [2.05, 4.69) is 4.74 Å². The zero-order valence-electron chi connectivity index (χ0n) is 9.96. The van der Waals surface area contributed by atoms with Gasteiger partial charge in [-0.3, -0.25) is 4.79 Å². The fourth-order valence-electron chi connectivity index (χ4n) is 1.58. The molecule has 1 fully saturated rings. The van der Waals surface area contributed by atoms with E-state index >= 15 is 0 Å². The molecule has 0 spiro atoms. The van der Waals surface area contributed by atoms with E-state index in [1.54, 1.807) is 0 Å². The van der Waals surface area contributed by atoms with Crippen LogP contribution >= 0.6 is 0 Å². The van der Waals surface area contributed by atoms with Crippen molar-refractivity contribution in [1.82, 2.24) is 4.31 Å². The van der Waals surface area contributed by atoms with E-state index in [-0.39, 0.29) is 32.3 Å². The van der Waals surface area contributed by atoms with Crippen molar-refractivity contribution in [1.29, 1.82) is 0 Å². The Bertz CT molecular complexity index is 370. The molecule has 0 aromatic heterocycles. The first-order valence-corrected chi connectivity index (χ1v) is 6.82. The van der Waals surface area contributed by atoms with Crippen LogP contribution < -0.4 is 5.73 Å². The Morgan fingerprint density at radius 3 is 2.82 bits per heavy atom. The largest absolute Gasteiger partial charge is 0.468 e. The third-order valence-electron chi connectivity index (χ3n) is 2.70. The zero-order valence-corrected chi connectivity index (χ0v) is 10.8. The molecule has 1 aliphatic rings. The van der Waals surface area contributed by atoms with Crippen LogP contribution in [0.25, 0.3) is 0 Å². The summed E-state index contributed by atoms with van der Waals surface area (Å²) in [4.78, 5) is 11.3. The number of nitrogens with zero attached hydrogens (tertiary/aromatic N) is 1. The lowest BCUT2D eigenvalue weighted by atomic mass is 10.3. The number of carbonyl (C=O) groups is 1. The highest BCUT2D eigenvalue weighted by Gasteiger charge is 2.37. The van der Waals surface area contributed by atoms with Gasteiger partial charge >= 0.3 is 5.97 Å². The lowest BCUT2D eigenvalue weighted by molar-refractivity contribution is -0.139. The van der Waals surface area contributed by atoms with Crippen LogP contribution in [0.15, 0.2) is 0 Å². The summed E-state index contributed by atoms with van der Waals surface area (Å²) in [5, 5.41) is -1.20. The molecule has 0 saturated carbocycles. The molecule has 17 heavy (non-hydrogen) atoms. The number of morpholine rings is 1. The molecule has 2 atom stereocenters. The quantitative estimate of drug-likeness (QED) is 0.624. The molecule has 2 unspecified atom stereocenters. The van der Waals surface area contributed by atoms with Gasteiger partial charge in [-0.15, -0.1) is 0 Å². The standard InChI is InChI=1S/C9H18N2O5S/c1-7(9(12)15-2)17(13,14)11-3-4-16-8(5-10)6-11/h7-8H,3-6,10H2,1-2H3. The zero-order chi connectivity index (χ0) is 13.1. The Hall–Kier alpha value is -0.700. The molecule has 1 heterocycles. The maximum absolute atomic E-state index is 12.1. The van der Waals surface area contributed by atoms with Crippen LogP contribution in [0.3, 0.4) is 0 Å². The molecule has 0 aromatic rings. The van der Waals surface area contributed by atoms with E-state index in [0.29, 0.717) is 0 Å². The second kappa shape index (κ2) is 5.76. The Labute approximate surface area is 101 Å². The number of rotatable bonds is 4. The summed E-state index contributed by atoms with van der Waals surface area (Å²) in [6.07, 6.45) is -0.316. The molecule has 1 aliphatic heterocycles. The SMILES string of the molecule is COC(=O)C(C)S(=O)(=O)N1CCOC(CN)C1. The predicted molar refractivity (Wildman–Crippen MR) is 60.8 cm³/mol. The van der Waals surface area contributed by atoms with Gasteiger partial charge in [0.2, 0.25) is 10.0 Å². The van der Waals surface area contributed by atoms with Crippen LogP contribution in [0.4, 0.5) is 0 Å². The van der Waals surface area contributed by atoms with Gasteiger partial charge in [0.15, 0.2) is 5.25 Å². The molecular weight excluding hydrogens is 248 g/mol. The van der Waals surface area contributed by atoms with Crippen molar-refractivity contribution >= 4 is 16.0 Å². The van der Waals surface area contributed by atoms with Gasteiger partial charge in [0.05, 0.1) is 19.8 Å². The number of esters is 1. The van der Waals surface area contributed by atoms with Gasteiger partial charge in [0, 0.05) is 19.6 Å². The molecule has 7 nitrogen and oxygen atoms in total. The van der Waals surface area contributed by atoms with Gasteiger partial charge in [-0.25, -0.2) is 8.42 Å². The van der Waals surface area contributed by atoms with E-state index in [0.717, 1.165) is 7.11 Å². The monoisotopic (exact) mass is 266 g/mol. The van der Waals surface area contributed by atoms with Crippen molar-refractivity contribution in [2.45, 2.75) is 18.3 Å². The van der Waals surface area contributed by atoms with Crippen molar-refractivity contribution in [2.24, 2.45) is 5.73 Å². The van der Waals surface area contributed by atoms with E-state index in [9.17, 15) is 13.2 Å². The summed E-state index contributed by atoms with van der Waals surface area (Å²) in [6, 6.07) is 0. The minimum Gasteiger partial charge on any atom is -0.468 e. The van der Waals surface area contributed by atoms with Crippen molar-refractivity contribution in [3.05, 3.63) is 0 Å². The van der Waals surface area contributed by atoms with Crippen molar-refractivity contribution < 1.29 is 22.7 Å². The second-order valence-electron chi connectivity index (χ2n) is 3.80. The average molecular weight is 266 g/mol. The van der Waals surface area contributed by atoms with E-state index in [4.69, 9.17) is 10.5 Å². The molecule has 8 heteroatoms. The van der Waals surface area contributed by atoms with Crippen LogP contribution in [0.5, 0.6) is 0 Å². The topological polar surface area (TPSA) is 98.9 Å². The maximum Gasteiger partial charge on any atom is 0.325 e. The Morgan fingerprint density at radius 1 is 1.65 bits per heavy atom. The first-order valence-electron chi connectivity index (χ1n) is 5.32. The smallest absolute Gasteiger partial charge is 0.325 e. The number of methoxy groups -OCH3 is 1. The molecular formula is C9H18N2O5S. The average Bonchev–Trinajstić information content (AvgIpc) is 2.36. The number of nitrogens with two attached hydrogens (primary N) is 1. The van der Waals surface area contributed by atoms with Crippen LogP contribution in [0.2, 0.25) is 0 Å². The van der Waals surface area contributed by atoms with Gasteiger partial charge in [-0.1, -0.05) is 0 Å². The number of ether oxygens (including phenoxy) is 2. The van der Waals surface area contributed by atoms with Gasteiger partial charge in [0.1, 0.15) is 0 Å². The molecule has 1 saturated heterocycles.